The van der Waals surface area contributed by atoms with Crippen molar-refractivity contribution >= 4 is 22.6 Å². The predicted molar refractivity (Wildman–Crippen MR) is 120 cm³/mol. The fourth-order valence-corrected chi connectivity index (χ4v) is 4.69. The lowest BCUT2D eigenvalue weighted by atomic mass is 9.94. The van der Waals surface area contributed by atoms with Crippen molar-refractivity contribution in [2.24, 2.45) is 0 Å². The molecule has 0 spiro atoms. The minimum absolute atomic E-state index is 0.0746. The molecule has 2 amide bonds. The van der Waals surface area contributed by atoms with E-state index in [-0.39, 0.29) is 37.7 Å². The lowest BCUT2D eigenvalue weighted by Crippen LogP contribution is -2.42. The van der Waals surface area contributed by atoms with Crippen molar-refractivity contribution in [1.29, 1.82) is 0 Å². The van der Waals surface area contributed by atoms with Gasteiger partial charge in [0.2, 0.25) is 0 Å². The number of piperidine rings is 1. The molecule has 32 heavy (non-hydrogen) atoms. The fourth-order valence-electron chi connectivity index (χ4n) is 4.69. The highest BCUT2D eigenvalue weighted by molar-refractivity contribution is 6.04. The number of carbonyl (C=O) groups is 2. The van der Waals surface area contributed by atoms with E-state index >= 15 is 0 Å². The Morgan fingerprint density at radius 1 is 1.00 bits per heavy atom. The number of alkyl halides is 2. The molecule has 0 atom stereocenters. The summed E-state index contributed by atoms with van der Waals surface area (Å²) in [4.78, 5) is 28.6. The molecule has 0 saturated carbocycles. The van der Waals surface area contributed by atoms with Crippen LogP contribution in [0, 0.1) is 0 Å². The molecule has 0 N–H and O–H groups in total. The number of carbonyl (C=O) groups excluding carboxylic acids is 2. The van der Waals surface area contributed by atoms with E-state index in [1.807, 2.05) is 54.3 Å². The van der Waals surface area contributed by atoms with Crippen molar-refractivity contribution in [3.05, 3.63) is 71.3 Å². The van der Waals surface area contributed by atoms with E-state index in [0.29, 0.717) is 18.7 Å². The predicted octanol–water partition coefficient (Wildman–Crippen LogP) is 5.35. The number of hydrogen-bond acceptors (Lipinski definition) is 2. The topological polar surface area (TPSA) is 40.6 Å². The molecular weight excluding hydrogens is 410 g/mol. The summed E-state index contributed by atoms with van der Waals surface area (Å²) in [6, 6.07) is 17.4. The van der Waals surface area contributed by atoms with E-state index < -0.39 is 5.92 Å². The average Bonchev–Trinajstić information content (AvgIpc) is 3.12. The second-order valence-electron chi connectivity index (χ2n) is 8.58. The van der Waals surface area contributed by atoms with E-state index in [1.165, 1.54) is 4.90 Å². The van der Waals surface area contributed by atoms with Gasteiger partial charge in [-0.1, -0.05) is 30.3 Å². The van der Waals surface area contributed by atoms with E-state index in [1.54, 1.807) is 6.07 Å². The number of halogens is 2. The first-order chi connectivity index (χ1) is 15.4. The van der Waals surface area contributed by atoms with Gasteiger partial charge in [0.1, 0.15) is 0 Å². The van der Waals surface area contributed by atoms with E-state index in [2.05, 4.69) is 6.07 Å². The number of likely N-dealkylation sites (tertiary alicyclic amines) is 1. The average molecular weight is 434 g/mol. The first kappa shape index (κ1) is 20.6. The Labute approximate surface area is 185 Å². The van der Waals surface area contributed by atoms with Crippen LogP contribution in [0.5, 0.6) is 0 Å². The van der Waals surface area contributed by atoms with Gasteiger partial charge < -0.3 is 9.80 Å². The van der Waals surface area contributed by atoms with Gasteiger partial charge in [0.15, 0.2) is 0 Å². The molecule has 164 valence electrons. The Morgan fingerprint density at radius 3 is 2.53 bits per heavy atom. The summed E-state index contributed by atoms with van der Waals surface area (Å²) in [6.07, 6.45) is -0.570. The summed E-state index contributed by atoms with van der Waals surface area (Å²) in [5.41, 5.74) is 4.36. The van der Waals surface area contributed by atoms with Crippen LogP contribution in [0.4, 0.5) is 8.78 Å². The SMILES string of the molecule is CCN1Cc2cc(-c3cccc4cc(C(=O)N5CCC(F)(F)CC5)ccc34)ccc2C1=O. The molecule has 0 unspecified atom stereocenters. The molecule has 0 radical (unpaired) electrons. The number of nitrogens with zero attached hydrogens (tertiary/aromatic N) is 2. The van der Waals surface area contributed by atoms with Crippen LogP contribution in [0.1, 0.15) is 46.0 Å². The van der Waals surface area contributed by atoms with Crippen LogP contribution in [-0.2, 0) is 6.54 Å². The normalized spacial score (nSPS) is 17.7. The largest absolute Gasteiger partial charge is 0.338 e. The number of benzene rings is 3. The van der Waals surface area contributed by atoms with Gasteiger partial charge >= 0.3 is 0 Å². The minimum atomic E-state index is -2.68. The van der Waals surface area contributed by atoms with Crippen molar-refractivity contribution < 1.29 is 18.4 Å². The van der Waals surface area contributed by atoms with Crippen molar-refractivity contribution in [3.63, 3.8) is 0 Å². The zero-order chi connectivity index (χ0) is 22.5. The molecule has 2 heterocycles. The first-order valence-electron chi connectivity index (χ1n) is 11.0. The van der Waals surface area contributed by atoms with E-state index in [0.717, 1.165) is 33.0 Å². The molecule has 0 aliphatic carbocycles. The standard InChI is InChI=1S/C26H24F2N2O2/c1-2-29-16-20-15-18(6-9-23(20)25(29)32)21-5-3-4-17-14-19(7-8-22(17)21)24(31)30-12-10-26(27,28)11-13-30/h3-9,14-15H,2,10-13,16H2,1H3. The second kappa shape index (κ2) is 7.69. The van der Waals surface area contributed by atoms with Crippen LogP contribution in [0.3, 0.4) is 0 Å². The third-order valence-corrected chi connectivity index (χ3v) is 6.59. The molecule has 5 rings (SSSR count). The molecule has 6 heteroatoms. The highest BCUT2D eigenvalue weighted by Crippen LogP contribution is 2.34. The van der Waals surface area contributed by atoms with E-state index in [4.69, 9.17) is 0 Å². The molecule has 1 fully saturated rings. The molecule has 3 aromatic carbocycles. The highest BCUT2D eigenvalue weighted by Gasteiger charge is 2.35. The van der Waals surface area contributed by atoms with Crippen molar-refractivity contribution in [3.8, 4) is 11.1 Å². The summed E-state index contributed by atoms with van der Waals surface area (Å²) in [6.45, 7) is 3.43. The highest BCUT2D eigenvalue weighted by atomic mass is 19.3. The molecule has 0 aromatic heterocycles. The quantitative estimate of drug-likeness (QED) is 0.557. The molecule has 0 bridgehead atoms. The smallest absolute Gasteiger partial charge is 0.254 e. The van der Waals surface area contributed by atoms with Gasteiger partial charge in [-0.15, -0.1) is 0 Å². The lowest BCUT2D eigenvalue weighted by molar-refractivity contribution is -0.0494. The minimum Gasteiger partial charge on any atom is -0.338 e. The molecule has 2 aliphatic heterocycles. The third kappa shape index (κ3) is 3.53. The maximum atomic E-state index is 13.4. The van der Waals surface area contributed by atoms with Crippen molar-refractivity contribution in [2.45, 2.75) is 32.2 Å². The van der Waals surface area contributed by atoms with Crippen molar-refractivity contribution in [2.75, 3.05) is 19.6 Å². The van der Waals surface area contributed by atoms with Crippen LogP contribution in [0.25, 0.3) is 21.9 Å². The molecular formula is C26H24F2N2O2. The maximum Gasteiger partial charge on any atom is 0.254 e. The van der Waals surface area contributed by atoms with Crippen LogP contribution in [0.15, 0.2) is 54.6 Å². The van der Waals surface area contributed by atoms with Crippen LogP contribution in [-0.4, -0.2) is 47.2 Å². The van der Waals surface area contributed by atoms with Gasteiger partial charge in [0.05, 0.1) is 0 Å². The zero-order valence-electron chi connectivity index (χ0n) is 17.9. The van der Waals surface area contributed by atoms with E-state index in [9.17, 15) is 18.4 Å². The molecule has 3 aromatic rings. The number of rotatable bonds is 3. The summed E-state index contributed by atoms with van der Waals surface area (Å²) in [7, 11) is 0. The number of hydrogen-bond donors (Lipinski definition) is 0. The molecule has 2 aliphatic rings. The Balaban J connectivity index is 1.46. The Kier molecular flexibility index (Phi) is 4.96. The molecule has 1 saturated heterocycles. The summed E-state index contributed by atoms with van der Waals surface area (Å²) >= 11 is 0. The Bertz CT molecular complexity index is 1230. The number of fused-ring (bicyclic) bond motifs is 2. The van der Waals surface area contributed by atoms with Gasteiger partial charge in [-0.05, 0) is 58.7 Å². The second-order valence-corrected chi connectivity index (χ2v) is 8.58. The summed E-state index contributed by atoms with van der Waals surface area (Å²) in [5, 5.41) is 1.92. The lowest BCUT2D eigenvalue weighted by Gasteiger charge is -2.31. The van der Waals surface area contributed by atoms with Gasteiger partial charge in [0, 0.05) is 50.1 Å². The zero-order valence-corrected chi connectivity index (χ0v) is 17.9. The fraction of sp³-hybridized carbons (Fsp3) is 0.308. The summed E-state index contributed by atoms with van der Waals surface area (Å²) < 4.78 is 26.9. The van der Waals surface area contributed by atoms with Gasteiger partial charge in [-0.25, -0.2) is 8.78 Å². The first-order valence-corrected chi connectivity index (χ1v) is 11.0. The van der Waals surface area contributed by atoms with Gasteiger partial charge in [0.25, 0.3) is 17.7 Å². The number of amides is 2. The van der Waals surface area contributed by atoms with Gasteiger partial charge in [-0.2, -0.15) is 0 Å². The van der Waals surface area contributed by atoms with Crippen LogP contribution >= 0.6 is 0 Å². The monoisotopic (exact) mass is 434 g/mol. The Hall–Kier alpha value is -3.28. The third-order valence-electron chi connectivity index (χ3n) is 6.59. The van der Waals surface area contributed by atoms with Crippen molar-refractivity contribution in [1.82, 2.24) is 9.80 Å². The van der Waals surface area contributed by atoms with Crippen LogP contribution < -0.4 is 0 Å². The maximum absolute atomic E-state index is 13.4. The van der Waals surface area contributed by atoms with Gasteiger partial charge in [-0.3, -0.25) is 9.59 Å². The molecule has 4 nitrogen and oxygen atoms in total. The summed E-state index contributed by atoms with van der Waals surface area (Å²) in [5.74, 6) is -2.81. The van der Waals surface area contributed by atoms with Crippen LogP contribution in [0.2, 0.25) is 0 Å². The Morgan fingerprint density at radius 2 is 1.78 bits per heavy atom.